The molecule has 10 heteroatoms. The molecule has 2 N–H and O–H groups in total. The predicted molar refractivity (Wildman–Crippen MR) is 105 cm³/mol. The lowest BCUT2D eigenvalue weighted by atomic mass is 9.88. The Morgan fingerprint density at radius 3 is 2.37 bits per heavy atom. The molecule has 1 aliphatic heterocycles. The maximum absolute atomic E-state index is 11.9. The average molecular weight is 439 g/mol. The van der Waals surface area contributed by atoms with E-state index >= 15 is 0 Å². The molecule has 1 saturated heterocycles. The molecular formula is C17H24Cl2N2O5S. The van der Waals surface area contributed by atoms with Crippen molar-refractivity contribution in [2.24, 2.45) is 5.41 Å². The second-order valence-electron chi connectivity index (χ2n) is 7.77. The van der Waals surface area contributed by atoms with E-state index in [4.69, 9.17) is 27.9 Å². The number of nitrogens with one attached hydrogen (secondary N) is 1. The molecule has 1 aliphatic rings. The van der Waals surface area contributed by atoms with Crippen LogP contribution in [0, 0.1) is 5.41 Å². The van der Waals surface area contributed by atoms with Crippen LogP contribution in [0.5, 0.6) is 0 Å². The summed E-state index contributed by atoms with van der Waals surface area (Å²) in [6.07, 6.45) is -1.30. The van der Waals surface area contributed by atoms with Gasteiger partial charge in [-0.25, -0.2) is 17.9 Å². The molecule has 0 bridgehead atoms. The van der Waals surface area contributed by atoms with Crippen LogP contribution in [-0.4, -0.2) is 56.0 Å². The van der Waals surface area contributed by atoms with E-state index in [1.165, 1.54) is 4.90 Å². The summed E-state index contributed by atoms with van der Waals surface area (Å²) in [6.45, 7) is 5.88. The minimum atomic E-state index is -3.61. The average Bonchev–Trinajstić information content (AvgIpc) is 2.68. The fraction of sp³-hybridized carbons (Fsp3) is 0.588. The fourth-order valence-electron chi connectivity index (χ4n) is 2.93. The Morgan fingerprint density at radius 2 is 1.89 bits per heavy atom. The maximum Gasteiger partial charge on any atom is 0.407 e. The van der Waals surface area contributed by atoms with E-state index in [1.54, 1.807) is 18.2 Å². The van der Waals surface area contributed by atoms with E-state index in [2.05, 4.69) is 4.72 Å². The molecule has 0 aromatic heterocycles. The molecule has 2 rings (SSSR count). The minimum Gasteiger partial charge on any atom is -0.465 e. The van der Waals surface area contributed by atoms with E-state index < -0.39 is 34.4 Å². The Kier molecular flexibility index (Phi) is 6.69. The molecule has 0 unspecified atom stereocenters. The summed E-state index contributed by atoms with van der Waals surface area (Å²) in [6, 6.07) is 4.10. The first-order chi connectivity index (χ1) is 12.3. The molecule has 152 valence electrons. The highest BCUT2D eigenvalue weighted by Gasteiger charge is 2.40. The first-order valence-electron chi connectivity index (χ1n) is 8.33. The molecule has 3 atom stereocenters. The van der Waals surface area contributed by atoms with Crippen LogP contribution >= 0.6 is 23.2 Å². The molecule has 27 heavy (non-hydrogen) atoms. The van der Waals surface area contributed by atoms with Crippen LogP contribution in [0.2, 0.25) is 10.0 Å². The van der Waals surface area contributed by atoms with Crippen molar-refractivity contribution in [2.45, 2.75) is 39.0 Å². The van der Waals surface area contributed by atoms with Crippen molar-refractivity contribution in [2.75, 3.05) is 19.3 Å². The van der Waals surface area contributed by atoms with Gasteiger partial charge in [0, 0.05) is 6.54 Å². The summed E-state index contributed by atoms with van der Waals surface area (Å²) in [5.74, 6) is 0. The summed E-state index contributed by atoms with van der Waals surface area (Å²) in [5, 5.41) is 10.2. The van der Waals surface area contributed by atoms with Crippen molar-refractivity contribution >= 4 is 39.3 Å². The molecule has 1 aromatic carbocycles. The summed E-state index contributed by atoms with van der Waals surface area (Å²) in [7, 11) is -3.61. The highest BCUT2D eigenvalue weighted by Crippen LogP contribution is 2.36. The lowest BCUT2D eigenvalue weighted by molar-refractivity contribution is -0.0683. The number of nitrogens with zero attached hydrogens (tertiary/aromatic N) is 1. The number of rotatable bonds is 3. The van der Waals surface area contributed by atoms with Gasteiger partial charge in [0.25, 0.3) is 0 Å². The van der Waals surface area contributed by atoms with Gasteiger partial charge in [-0.1, -0.05) is 50.0 Å². The summed E-state index contributed by atoms with van der Waals surface area (Å²) < 4.78 is 32.5. The predicted octanol–water partition coefficient (Wildman–Crippen LogP) is 3.38. The molecule has 0 spiro atoms. The number of sulfonamides is 1. The van der Waals surface area contributed by atoms with Crippen LogP contribution in [0.25, 0.3) is 0 Å². The summed E-state index contributed by atoms with van der Waals surface area (Å²) in [5.41, 5.74) is 0.245. The van der Waals surface area contributed by atoms with Gasteiger partial charge in [-0.3, -0.25) is 0 Å². The Bertz CT molecular complexity index is 810. The third-order valence-electron chi connectivity index (χ3n) is 4.35. The molecule has 0 aliphatic carbocycles. The van der Waals surface area contributed by atoms with Gasteiger partial charge in [0.1, 0.15) is 6.10 Å². The summed E-state index contributed by atoms with van der Waals surface area (Å²) in [4.78, 5) is 12.9. The van der Waals surface area contributed by atoms with Crippen LogP contribution in [0.4, 0.5) is 4.79 Å². The first kappa shape index (κ1) is 22.2. The van der Waals surface area contributed by atoms with E-state index in [1.807, 2.05) is 20.8 Å². The third kappa shape index (κ3) is 5.96. The van der Waals surface area contributed by atoms with Gasteiger partial charge < -0.3 is 14.7 Å². The number of carbonyl (C=O) groups is 1. The van der Waals surface area contributed by atoms with E-state index in [-0.39, 0.29) is 18.5 Å². The van der Waals surface area contributed by atoms with Crippen LogP contribution in [0.15, 0.2) is 18.2 Å². The molecule has 1 amide bonds. The quantitative estimate of drug-likeness (QED) is 0.753. The number of ether oxygens (including phenoxy) is 1. The van der Waals surface area contributed by atoms with Crippen LogP contribution in [0.1, 0.15) is 32.4 Å². The van der Waals surface area contributed by atoms with Crippen LogP contribution < -0.4 is 4.72 Å². The minimum absolute atomic E-state index is 0.0557. The van der Waals surface area contributed by atoms with Crippen molar-refractivity contribution in [3.05, 3.63) is 33.8 Å². The van der Waals surface area contributed by atoms with Gasteiger partial charge in [0.2, 0.25) is 10.0 Å². The van der Waals surface area contributed by atoms with Gasteiger partial charge in [-0.05, 0) is 23.1 Å². The third-order valence-corrected chi connectivity index (χ3v) is 5.82. The van der Waals surface area contributed by atoms with E-state index in [0.717, 1.165) is 6.26 Å². The normalized spacial score (nSPS) is 24.5. The Balaban J connectivity index is 2.53. The molecular weight excluding hydrogens is 415 g/mol. The van der Waals surface area contributed by atoms with Gasteiger partial charge in [-0.15, -0.1) is 0 Å². The largest absolute Gasteiger partial charge is 0.465 e. The Hall–Kier alpha value is -1.06. The zero-order chi connectivity index (χ0) is 20.6. The number of amides is 1. The van der Waals surface area contributed by atoms with Gasteiger partial charge in [0.15, 0.2) is 0 Å². The van der Waals surface area contributed by atoms with Crippen molar-refractivity contribution < 1.29 is 23.1 Å². The Labute approximate surface area is 169 Å². The SMILES string of the molecule is CC(C)(C)[C@@H]1CN(C(=O)O)C[C@H](NS(C)(=O)=O)[C@H](c2ccc(Cl)c(Cl)c2)O1. The standard InChI is InChI=1S/C17H24Cl2N2O5S/c1-17(2,3)14-9-21(16(22)23)8-13(20-27(4,24)25)15(26-14)10-5-6-11(18)12(19)7-10/h5-7,13-15,20H,8-9H2,1-4H3,(H,22,23)/t13-,14-,15-/m0/s1. The number of halogens is 2. The maximum atomic E-state index is 11.9. The molecule has 7 nitrogen and oxygen atoms in total. The number of benzene rings is 1. The monoisotopic (exact) mass is 438 g/mol. The molecule has 1 heterocycles. The molecule has 0 radical (unpaired) electrons. The van der Waals surface area contributed by atoms with Crippen LogP contribution in [0.3, 0.4) is 0 Å². The van der Waals surface area contributed by atoms with Gasteiger partial charge in [0.05, 0.1) is 35.0 Å². The van der Waals surface area contributed by atoms with Crippen molar-refractivity contribution in [3.8, 4) is 0 Å². The second kappa shape index (κ2) is 8.13. The first-order valence-corrected chi connectivity index (χ1v) is 11.0. The lowest BCUT2D eigenvalue weighted by Crippen LogP contribution is -2.47. The fourth-order valence-corrected chi connectivity index (χ4v) is 3.99. The van der Waals surface area contributed by atoms with Gasteiger partial charge >= 0.3 is 6.09 Å². The molecule has 1 fully saturated rings. The number of carboxylic acid groups (broad SMARTS) is 1. The van der Waals surface area contributed by atoms with Gasteiger partial charge in [-0.2, -0.15) is 0 Å². The molecule has 1 aromatic rings. The highest BCUT2D eigenvalue weighted by molar-refractivity contribution is 7.88. The van der Waals surface area contributed by atoms with Crippen molar-refractivity contribution in [1.82, 2.24) is 9.62 Å². The topological polar surface area (TPSA) is 95.9 Å². The smallest absolute Gasteiger partial charge is 0.407 e. The Morgan fingerprint density at radius 1 is 1.26 bits per heavy atom. The van der Waals surface area contributed by atoms with E-state index in [0.29, 0.717) is 15.6 Å². The zero-order valence-corrected chi connectivity index (χ0v) is 17.9. The highest BCUT2D eigenvalue weighted by atomic mass is 35.5. The number of hydrogen-bond acceptors (Lipinski definition) is 4. The van der Waals surface area contributed by atoms with E-state index in [9.17, 15) is 18.3 Å². The van der Waals surface area contributed by atoms with Crippen molar-refractivity contribution in [3.63, 3.8) is 0 Å². The zero-order valence-electron chi connectivity index (χ0n) is 15.6. The lowest BCUT2D eigenvalue weighted by Gasteiger charge is -2.34. The van der Waals surface area contributed by atoms with Crippen LogP contribution in [-0.2, 0) is 14.8 Å². The van der Waals surface area contributed by atoms with Crippen molar-refractivity contribution in [1.29, 1.82) is 0 Å². The second-order valence-corrected chi connectivity index (χ2v) is 10.4. The molecule has 0 saturated carbocycles. The number of hydrogen-bond donors (Lipinski definition) is 2. The summed E-state index contributed by atoms with van der Waals surface area (Å²) >= 11 is 12.1.